The lowest BCUT2D eigenvalue weighted by Gasteiger charge is -2.18. The van der Waals surface area contributed by atoms with E-state index < -0.39 is 17.5 Å². The van der Waals surface area contributed by atoms with Crippen LogP contribution < -0.4 is 10.1 Å². The van der Waals surface area contributed by atoms with Gasteiger partial charge in [-0.2, -0.15) is 0 Å². The molecular formula is C25H16ClFN2O3. The summed E-state index contributed by atoms with van der Waals surface area (Å²) in [5.41, 5.74) is 2.71. The summed E-state index contributed by atoms with van der Waals surface area (Å²) >= 11 is 5.80. The first-order chi connectivity index (χ1) is 15.4. The van der Waals surface area contributed by atoms with Gasteiger partial charge in [0, 0.05) is 29.8 Å². The van der Waals surface area contributed by atoms with Gasteiger partial charge in [0.1, 0.15) is 5.82 Å². The first-order valence-electron chi connectivity index (χ1n) is 9.59. The highest BCUT2D eigenvalue weighted by atomic mass is 35.5. The number of carbonyl (C=O) groups is 2. The van der Waals surface area contributed by atoms with Crippen molar-refractivity contribution in [2.45, 2.75) is 6.42 Å². The molecule has 7 heteroatoms. The average molecular weight is 447 g/mol. The molecule has 0 bridgehead atoms. The lowest BCUT2D eigenvalue weighted by atomic mass is 9.93. The van der Waals surface area contributed by atoms with E-state index in [1.807, 2.05) is 6.07 Å². The second kappa shape index (κ2) is 9.04. The zero-order valence-corrected chi connectivity index (χ0v) is 17.7. The van der Waals surface area contributed by atoms with Crippen LogP contribution in [0.1, 0.15) is 27.0 Å². The smallest absolute Gasteiger partial charge is 0.259 e. The summed E-state index contributed by atoms with van der Waals surface area (Å²) in [5, 5.41) is 2.61. The van der Waals surface area contributed by atoms with Gasteiger partial charge in [-0.1, -0.05) is 35.6 Å². The molecular weight excluding hydrogens is 431 g/mol. The van der Waals surface area contributed by atoms with Crippen molar-refractivity contribution in [1.29, 1.82) is 0 Å². The maximum atomic E-state index is 13.4. The van der Waals surface area contributed by atoms with Crippen LogP contribution in [0.5, 0.6) is 5.88 Å². The van der Waals surface area contributed by atoms with Crippen molar-refractivity contribution in [2.24, 2.45) is 0 Å². The number of rotatable bonds is 3. The van der Waals surface area contributed by atoms with Gasteiger partial charge in [0.15, 0.2) is 0 Å². The maximum Gasteiger partial charge on any atom is 0.259 e. The number of nitrogens with one attached hydrogen (secondary N) is 1. The van der Waals surface area contributed by atoms with Crippen molar-refractivity contribution < 1.29 is 18.7 Å². The Bertz CT molecular complexity index is 1320. The highest BCUT2D eigenvalue weighted by Gasteiger charge is 2.28. The largest absolute Gasteiger partial charge is 0.481 e. The minimum Gasteiger partial charge on any atom is -0.481 e. The van der Waals surface area contributed by atoms with Crippen LogP contribution in [0.3, 0.4) is 0 Å². The standard InChI is InChI=1S/C25H16ClFN2O3/c1-32-23-10-7-16(14-28-23)4-2-3-15-6-9-22-18(11-15)24(30)19(25(31)29-22)12-17-5-8-21(27)20(26)13-17/h5-14H,4H2,1H3,(H,29,31)/b19-12-. The number of hydrogen-bond acceptors (Lipinski definition) is 4. The Morgan fingerprint density at radius 2 is 2.00 bits per heavy atom. The van der Waals surface area contributed by atoms with Crippen molar-refractivity contribution in [2.75, 3.05) is 12.4 Å². The summed E-state index contributed by atoms with van der Waals surface area (Å²) in [5.74, 6) is 5.07. The molecule has 32 heavy (non-hydrogen) atoms. The number of anilines is 1. The zero-order valence-electron chi connectivity index (χ0n) is 16.9. The zero-order chi connectivity index (χ0) is 22.7. The first-order valence-corrected chi connectivity index (χ1v) is 9.97. The van der Waals surface area contributed by atoms with Gasteiger partial charge in [-0.3, -0.25) is 9.59 Å². The molecule has 0 unspecified atom stereocenters. The molecule has 1 aliphatic heterocycles. The molecule has 1 aliphatic rings. The average Bonchev–Trinajstić information content (AvgIpc) is 2.80. The number of amides is 1. The quantitative estimate of drug-likeness (QED) is 0.360. The molecule has 158 valence electrons. The summed E-state index contributed by atoms with van der Waals surface area (Å²) in [6, 6.07) is 12.7. The summed E-state index contributed by atoms with van der Waals surface area (Å²) in [4.78, 5) is 29.6. The van der Waals surface area contributed by atoms with Gasteiger partial charge < -0.3 is 10.1 Å². The van der Waals surface area contributed by atoms with E-state index in [0.717, 1.165) is 5.56 Å². The highest BCUT2D eigenvalue weighted by molar-refractivity contribution is 6.36. The number of carbonyl (C=O) groups excluding carboxylic acids is 2. The van der Waals surface area contributed by atoms with Crippen LogP contribution in [0.15, 0.2) is 60.3 Å². The molecule has 0 radical (unpaired) electrons. The SMILES string of the molecule is COc1ccc(CC#Cc2ccc3c(c2)C(=O)/C(=C/c2ccc(F)c(Cl)c2)C(=O)N3)cn1. The minimum atomic E-state index is -0.577. The Morgan fingerprint density at radius 1 is 1.16 bits per heavy atom. The van der Waals surface area contributed by atoms with Crippen LogP contribution in [-0.4, -0.2) is 23.8 Å². The van der Waals surface area contributed by atoms with Gasteiger partial charge in [0.2, 0.25) is 11.7 Å². The molecule has 1 N–H and O–H groups in total. The van der Waals surface area contributed by atoms with E-state index in [9.17, 15) is 14.0 Å². The molecule has 0 spiro atoms. The fourth-order valence-electron chi connectivity index (χ4n) is 3.14. The number of ketones is 1. The summed E-state index contributed by atoms with van der Waals surface area (Å²) in [6.45, 7) is 0. The molecule has 1 aromatic heterocycles. The van der Waals surface area contributed by atoms with E-state index in [4.69, 9.17) is 16.3 Å². The monoisotopic (exact) mass is 446 g/mol. The van der Waals surface area contributed by atoms with Gasteiger partial charge in [0.25, 0.3) is 5.91 Å². The van der Waals surface area contributed by atoms with Gasteiger partial charge >= 0.3 is 0 Å². The molecule has 0 saturated heterocycles. The number of nitrogens with zero attached hydrogens (tertiary/aromatic N) is 1. The minimum absolute atomic E-state index is 0.0606. The molecule has 5 nitrogen and oxygen atoms in total. The number of methoxy groups -OCH3 is 1. The van der Waals surface area contributed by atoms with Crippen LogP contribution in [0.4, 0.5) is 10.1 Å². The lowest BCUT2D eigenvalue weighted by molar-refractivity contribution is -0.112. The first kappa shape index (κ1) is 21.3. The Morgan fingerprint density at radius 3 is 2.72 bits per heavy atom. The highest BCUT2D eigenvalue weighted by Crippen LogP contribution is 2.28. The Kier molecular flexibility index (Phi) is 6.02. The summed E-state index contributed by atoms with van der Waals surface area (Å²) in [7, 11) is 1.55. The van der Waals surface area contributed by atoms with E-state index in [0.29, 0.717) is 34.7 Å². The normalized spacial score (nSPS) is 13.8. The van der Waals surface area contributed by atoms with Gasteiger partial charge in [0.05, 0.1) is 23.4 Å². The van der Waals surface area contributed by atoms with Crippen molar-refractivity contribution in [3.63, 3.8) is 0 Å². The molecule has 1 amide bonds. The number of aromatic nitrogens is 1. The fourth-order valence-corrected chi connectivity index (χ4v) is 3.33. The van der Waals surface area contributed by atoms with E-state index in [-0.39, 0.29) is 10.6 Å². The van der Waals surface area contributed by atoms with E-state index in [2.05, 4.69) is 22.1 Å². The number of hydrogen-bond donors (Lipinski definition) is 1. The molecule has 0 fully saturated rings. The van der Waals surface area contributed by atoms with Gasteiger partial charge in [-0.05, 0) is 47.5 Å². The van der Waals surface area contributed by atoms with Crippen molar-refractivity contribution in [3.8, 4) is 17.7 Å². The predicted octanol–water partition coefficient (Wildman–Crippen LogP) is 4.70. The molecule has 0 saturated carbocycles. The van der Waals surface area contributed by atoms with Crippen LogP contribution in [0.2, 0.25) is 5.02 Å². The molecule has 2 heterocycles. The Hall–Kier alpha value is -3.95. The van der Waals surface area contributed by atoms with Gasteiger partial charge in [-0.15, -0.1) is 0 Å². The lowest BCUT2D eigenvalue weighted by Crippen LogP contribution is -2.27. The van der Waals surface area contributed by atoms with Crippen LogP contribution in [0.25, 0.3) is 6.08 Å². The van der Waals surface area contributed by atoms with Crippen molar-refractivity contribution >= 4 is 35.1 Å². The second-order valence-electron chi connectivity index (χ2n) is 6.96. The maximum absolute atomic E-state index is 13.4. The molecule has 3 aromatic rings. The van der Waals surface area contributed by atoms with E-state index in [1.54, 1.807) is 37.6 Å². The van der Waals surface area contributed by atoms with Crippen molar-refractivity contribution in [1.82, 2.24) is 4.98 Å². The predicted molar refractivity (Wildman–Crippen MR) is 120 cm³/mol. The number of pyridine rings is 1. The molecule has 0 atom stereocenters. The topological polar surface area (TPSA) is 68.3 Å². The number of benzene rings is 2. The molecule has 0 aliphatic carbocycles. The molecule has 4 rings (SSSR count). The molecule has 2 aromatic carbocycles. The number of fused-ring (bicyclic) bond motifs is 1. The Balaban J connectivity index is 1.58. The van der Waals surface area contributed by atoms with Crippen molar-refractivity contribution in [3.05, 3.63) is 93.4 Å². The number of halogens is 2. The van der Waals surface area contributed by atoms with Crippen LogP contribution in [0, 0.1) is 17.7 Å². The third kappa shape index (κ3) is 4.53. The van der Waals surface area contributed by atoms with Gasteiger partial charge in [-0.25, -0.2) is 9.37 Å². The Labute approximate surface area is 188 Å². The fraction of sp³-hybridized carbons (Fsp3) is 0.0800. The number of ether oxygens (including phenoxy) is 1. The van der Waals surface area contributed by atoms with Crippen LogP contribution >= 0.6 is 11.6 Å². The third-order valence-corrected chi connectivity index (χ3v) is 5.08. The second-order valence-corrected chi connectivity index (χ2v) is 7.37. The third-order valence-electron chi connectivity index (χ3n) is 4.79. The summed E-state index contributed by atoms with van der Waals surface area (Å²) in [6.07, 6.45) is 3.56. The van der Waals surface area contributed by atoms with E-state index in [1.165, 1.54) is 24.3 Å². The number of Topliss-reactive ketones (excluding diaryl/α,β-unsaturated/α-hetero) is 1. The summed E-state index contributed by atoms with van der Waals surface area (Å²) < 4.78 is 18.4. The van der Waals surface area contributed by atoms with Crippen LogP contribution in [-0.2, 0) is 11.2 Å². The van der Waals surface area contributed by atoms with E-state index >= 15 is 0 Å².